The summed E-state index contributed by atoms with van der Waals surface area (Å²) in [6.45, 7) is 3.20. The Bertz CT molecular complexity index is 362. The van der Waals surface area contributed by atoms with E-state index in [2.05, 4.69) is 30.3 Å². The van der Waals surface area contributed by atoms with Crippen LogP contribution in [0.3, 0.4) is 0 Å². The molecule has 3 heteroatoms. The van der Waals surface area contributed by atoms with Crippen molar-refractivity contribution in [1.82, 2.24) is 4.90 Å². The summed E-state index contributed by atoms with van der Waals surface area (Å²) in [5.41, 5.74) is 1.39. The maximum Gasteiger partial charge on any atom is 0.133 e. The van der Waals surface area contributed by atoms with E-state index in [0.717, 1.165) is 32.2 Å². The highest BCUT2D eigenvalue weighted by molar-refractivity contribution is 7.10. The van der Waals surface area contributed by atoms with Crippen LogP contribution in [0, 0.1) is 6.92 Å². The standard InChI is InChI=1S/C13H19NOS/c1-10-7-8-16-13(10)9-14(2)11-3-5-12(15)6-4-11/h7-8,11H,3-6,9H2,1-2H3. The van der Waals surface area contributed by atoms with Gasteiger partial charge in [-0.1, -0.05) is 0 Å². The van der Waals surface area contributed by atoms with Gasteiger partial charge in [0, 0.05) is 30.3 Å². The fourth-order valence-electron chi connectivity index (χ4n) is 2.29. The van der Waals surface area contributed by atoms with Gasteiger partial charge in [-0.15, -0.1) is 11.3 Å². The molecule has 1 aliphatic rings. The second-order valence-corrected chi connectivity index (χ2v) is 5.71. The van der Waals surface area contributed by atoms with Crippen LogP contribution in [0.5, 0.6) is 0 Å². The van der Waals surface area contributed by atoms with Gasteiger partial charge in [-0.05, 0) is 43.8 Å². The minimum atomic E-state index is 0.442. The molecule has 0 aliphatic heterocycles. The predicted octanol–water partition coefficient (Wildman–Crippen LogP) is 3.00. The van der Waals surface area contributed by atoms with Crippen LogP contribution in [0.1, 0.15) is 36.1 Å². The number of carbonyl (C=O) groups excluding carboxylic acids is 1. The summed E-state index contributed by atoms with van der Waals surface area (Å²) in [7, 11) is 2.18. The van der Waals surface area contributed by atoms with Crippen molar-refractivity contribution >= 4 is 17.1 Å². The maximum absolute atomic E-state index is 11.2. The van der Waals surface area contributed by atoms with Crippen LogP contribution < -0.4 is 0 Å². The lowest BCUT2D eigenvalue weighted by molar-refractivity contribution is -0.121. The van der Waals surface area contributed by atoms with E-state index in [1.807, 2.05) is 11.3 Å². The molecule has 0 aromatic carbocycles. The van der Waals surface area contributed by atoms with Gasteiger partial charge < -0.3 is 0 Å². The van der Waals surface area contributed by atoms with Crippen molar-refractivity contribution in [2.75, 3.05) is 7.05 Å². The summed E-state index contributed by atoms with van der Waals surface area (Å²) < 4.78 is 0. The lowest BCUT2D eigenvalue weighted by Crippen LogP contribution is -2.34. The van der Waals surface area contributed by atoms with E-state index in [1.54, 1.807) is 0 Å². The Kier molecular flexibility index (Phi) is 3.77. The first-order chi connectivity index (χ1) is 7.66. The summed E-state index contributed by atoms with van der Waals surface area (Å²) in [4.78, 5) is 15.1. The molecule has 0 amide bonds. The monoisotopic (exact) mass is 237 g/mol. The molecule has 0 saturated heterocycles. The van der Waals surface area contributed by atoms with Crippen molar-refractivity contribution in [3.05, 3.63) is 21.9 Å². The Morgan fingerprint density at radius 3 is 2.69 bits per heavy atom. The van der Waals surface area contributed by atoms with Crippen molar-refractivity contribution in [2.24, 2.45) is 0 Å². The second-order valence-electron chi connectivity index (χ2n) is 4.71. The third-order valence-electron chi connectivity index (χ3n) is 3.50. The molecule has 1 fully saturated rings. The third kappa shape index (κ3) is 2.71. The highest BCUT2D eigenvalue weighted by atomic mass is 32.1. The van der Waals surface area contributed by atoms with Crippen LogP contribution in [-0.4, -0.2) is 23.8 Å². The van der Waals surface area contributed by atoms with Gasteiger partial charge in [-0.3, -0.25) is 9.69 Å². The van der Waals surface area contributed by atoms with Crippen LogP contribution in [0.4, 0.5) is 0 Å². The van der Waals surface area contributed by atoms with Crippen molar-refractivity contribution in [2.45, 2.75) is 45.2 Å². The Morgan fingerprint density at radius 2 is 2.12 bits per heavy atom. The molecular weight excluding hydrogens is 218 g/mol. The number of hydrogen-bond acceptors (Lipinski definition) is 3. The van der Waals surface area contributed by atoms with E-state index in [9.17, 15) is 4.79 Å². The minimum Gasteiger partial charge on any atom is -0.300 e. The molecule has 1 aromatic heterocycles. The summed E-state index contributed by atoms with van der Waals surface area (Å²) in [5.74, 6) is 0.442. The molecule has 16 heavy (non-hydrogen) atoms. The van der Waals surface area contributed by atoms with E-state index < -0.39 is 0 Å². The average Bonchev–Trinajstić information content (AvgIpc) is 2.65. The quantitative estimate of drug-likeness (QED) is 0.805. The van der Waals surface area contributed by atoms with Crippen LogP contribution in [-0.2, 0) is 11.3 Å². The van der Waals surface area contributed by atoms with E-state index in [0.29, 0.717) is 11.8 Å². The first-order valence-electron chi connectivity index (χ1n) is 5.91. The molecule has 1 aromatic rings. The molecule has 0 atom stereocenters. The fourth-order valence-corrected chi connectivity index (χ4v) is 3.26. The average molecular weight is 237 g/mol. The van der Waals surface area contributed by atoms with E-state index >= 15 is 0 Å². The lowest BCUT2D eigenvalue weighted by atomic mass is 9.93. The van der Waals surface area contributed by atoms with Gasteiger partial charge in [-0.25, -0.2) is 0 Å². The Balaban J connectivity index is 1.91. The van der Waals surface area contributed by atoms with Crippen LogP contribution in [0.15, 0.2) is 11.4 Å². The summed E-state index contributed by atoms with van der Waals surface area (Å²) >= 11 is 1.83. The third-order valence-corrected chi connectivity index (χ3v) is 4.51. The number of Topliss-reactive ketones (excluding diaryl/α,β-unsaturated/α-hetero) is 1. The molecule has 2 nitrogen and oxygen atoms in total. The van der Waals surface area contributed by atoms with Crippen molar-refractivity contribution < 1.29 is 4.79 Å². The Morgan fingerprint density at radius 1 is 1.44 bits per heavy atom. The van der Waals surface area contributed by atoms with Crippen LogP contribution in [0.25, 0.3) is 0 Å². The Hall–Kier alpha value is -0.670. The number of ketones is 1. The van der Waals surface area contributed by atoms with Gasteiger partial charge in [0.25, 0.3) is 0 Å². The van der Waals surface area contributed by atoms with Crippen molar-refractivity contribution in [3.8, 4) is 0 Å². The number of aryl methyl sites for hydroxylation is 1. The number of carbonyl (C=O) groups is 1. The van der Waals surface area contributed by atoms with Crippen molar-refractivity contribution in [3.63, 3.8) is 0 Å². The largest absolute Gasteiger partial charge is 0.300 e. The molecule has 0 N–H and O–H groups in total. The zero-order valence-electron chi connectivity index (χ0n) is 10.0. The summed E-state index contributed by atoms with van der Waals surface area (Å²) in [6, 6.07) is 2.78. The highest BCUT2D eigenvalue weighted by Crippen LogP contribution is 2.23. The normalized spacial score (nSPS) is 18.3. The van der Waals surface area contributed by atoms with E-state index in [-0.39, 0.29) is 0 Å². The lowest BCUT2D eigenvalue weighted by Gasteiger charge is -2.30. The molecule has 0 radical (unpaired) electrons. The van der Waals surface area contributed by atoms with Gasteiger partial charge >= 0.3 is 0 Å². The first kappa shape index (κ1) is 11.8. The summed E-state index contributed by atoms with van der Waals surface area (Å²) in [5, 5.41) is 2.16. The number of nitrogens with zero attached hydrogens (tertiary/aromatic N) is 1. The SMILES string of the molecule is Cc1ccsc1CN(C)C1CCC(=O)CC1. The minimum absolute atomic E-state index is 0.442. The van der Waals surface area contributed by atoms with Crippen LogP contribution >= 0.6 is 11.3 Å². The van der Waals surface area contributed by atoms with E-state index in [1.165, 1.54) is 10.4 Å². The number of rotatable bonds is 3. The topological polar surface area (TPSA) is 20.3 Å². The first-order valence-corrected chi connectivity index (χ1v) is 6.79. The molecule has 88 valence electrons. The molecule has 2 rings (SSSR count). The van der Waals surface area contributed by atoms with Crippen LogP contribution in [0.2, 0.25) is 0 Å². The van der Waals surface area contributed by atoms with E-state index in [4.69, 9.17) is 0 Å². The smallest absolute Gasteiger partial charge is 0.133 e. The summed E-state index contributed by atoms with van der Waals surface area (Å²) in [6.07, 6.45) is 3.64. The number of thiophene rings is 1. The zero-order valence-corrected chi connectivity index (χ0v) is 10.8. The zero-order chi connectivity index (χ0) is 11.5. The molecular formula is C13H19NOS. The Labute approximate surface area is 101 Å². The van der Waals surface area contributed by atoms with Crippen molar-refractivity contribution in [1.29, 1.82) is 0 Å². The second kappa shape index (κ2) is 5.11. The highest BCUT2D eigenvalue weighted by Gasteiger charge is 2.22. The molecule has 0 spiro atoms. The molecule has 0 bridgehead atoms. The predicted molar refractivity (Wildman–Crippen MR) is 67.8 cm³/mol. The van der Waals surface area contributed by atoms with Gasteiger partial charge in [0.2, 0.25) is 0 Å². The van der Waals surface area contributed by atoms with Gasteiger partial charge in [0.05, 0.1) is 0 Å². The molecule has 1 saturated carbocycles. The van der Waals surface area contributed by atoms with Gasteiger partial charge in [-0.2, -0.15) is 0 Å². The maximum atomic E-state index is 11.2. The number of hydrogen-bond donors (Lipinski definition) is 0. The molecule has 1 aliphatic carbocycles. The van der Waals surface area contributed by atoms with Gasteiger partial charge in [0.1, 0.15) is 5.78 Å². The molecule has 1 heterocycles. The fraction of sp³-hybridized carbons (Fsp3) is 0.615. The van der Waals surface area contributed by atoms with Gasteiger partial charge in [0.15, 0.2) is 0 Å². The molecule has 0 unspecified atom stereocenters.